The average Bonchev–Trinajstić information content (AvgIpc) is 3.89. The van der Waals surface area contributed by atoms with Crippen LogP contribution < -0.4 is 14.5 Å². The molecule has 3 heterocycles. The van der Waals surface area contributed by atoms with Gasteiger partial charge in [-0.05, 0) is 68.1 Å². The van der Waals surface area contributed by atoms with E-state index in [1.165, 1.54) is 113 Å². The maximum Gasteiger partial charge on any atom is 0.268 e. The second-order valence-electron chi connectivity index (χ2n) is 20.3. The van der Waals surface area contributed by atoms with E-state index in [2.05, 4.69) is 156 Å². The molecule has 3 aromatic heterocycles. The molecule has 0 spiro atoms. The zero-order chi connectivity index (χ0) is 43.3. The van der Waals surface area contributed by atoms with Gasteiger partial charge in [0.25, 0.3) is 6.33 Å². The number of para-hydroxylation sites is 4. The van der Waals surface area contributed by atoms with Crippen molar-refractivity contribution in [2.75, 3.05) is 0 Å². The van der Waals surface area contributed by atoms with Crippen molar-refractivity contribution in [3.63, 3.8) is 0 Å². The van der Waals surface area contributed by atoms with Crippen molar-refractivity contribution in [2.45, 2.75) is 139 Å². The fourth-order valence-corrected chi connectivity index (χ4v) is 21.2. The molecule has 0 radical (unpaired) electrons. The molecule has 0 aliphatic heterocycles. The molecule has 0 atom stereocenters. The number of pyridine rings is 1. The Morgan fingerprint density at radius 3 is 1.92 bits per heavy atom. The number of hydrogen-bond donors (Lipinski definition) is 0. The zero-order valence-electron chi connectivity index (χ0n) is 38.4. The third-order valence-corrected chi connectivity index (χ3v) is 22.8. The van der Waals surface area contributed by atoms with Crippen molar-refractivity contribution in [3.05, 3.63) is 145 Å². The predicted octanol–water partition coefficient (Wildman–Crippen LogP) is 14.5. The van der Waals surface area contributed by atoms with E-state index < -0.39 is 8.07 Å². The van der Waals surface area contributed by atoms with Gasteiger partial charge in [0.2, 0.25) is 0 Å². The molecule has 0 bridgehead atoms. The van der Waals surface area contributed by atoms with Gasteiger partial charge in [0, 0.05) is 44.3 Å². The largest absolute Gasteiger partial charge is 0.510 e. The molecular weight excluding hydrogens is 992 g/mol. The van der Waals surface area contributed by atoms with Crippen LogP contribution in [0.1, 0.15) is 123 Å². The Morgan fingerprint density at radius 2 is 1.23 bits per heavy atom. The normalized spacial score (nSPS) is 17.2. The molecule has 0 saturated heterocycles. The molecule has 3 saturated carbocycles. The van der Waals surface area contributed by atoms with Crippen LogP contribution in [0, 0.1) is 18.5 Å². The Hall–Kier alpha value is -4.77. The Bertz CT molecular complexity index is 2900. The van der Waals surface area contributed by atoms with E-state index >= 15 is 0 Å². The van der Waals surface area contributed by atoms with Crippen LogP contribution in [0.3, 0.4) is 0 Å². The van der Waals surface area contributed by atoms with Crippen LogP contribution in [0.5, 0.6) is 11.5 Å². The summed E-state index contributed by atoms with van der Waals surface area (Å²) in [5.74, 6) is 2.15. The Balaban J connectivity index is 0.00000498. The summed E-state index contributed by atoms with van der Waals surface area (Å²) >= 11 is 0. The number of hydrogen-bond acceptors (Lipinski definition) is 2. The van der Waals surface area contributed by atoms with E-state index in [4.69, 9.17) is 9.72 Å². The molecule has 8 aromatic rings. The molecule has 3 aliphatic carbocycles. The maximum absolute atomic E-state index is 6.71. The molecule has 11 rings (SSSR count). The first-order valence-corrected chi connectivity index (χ1v) is 26.8. The molecule has 3 aliphatic rings. The molecule has 336 valence electrons. The van der Waals surface area contributed by atoms with Gasteiger partial charge >= 0.3 is 0 Å². The number of aromatic nitrogens is 4. The summed E-state index contributed by atoms with van der Waals surface area (Å²) in [4.78, 5) is 4.88. The van der Waals surface area contributed by atoms with Crippen molar-refractivity contribution in [2.24, 2.45) is 0 Å². The van der Waals surface area contributed by atoms with Gasteiger partial charge in [-0.2, -0.15) is 18.2 Å². The molecule has 65 heavy (non-hydrogen) atoms. The molecule has 5 nitrogen and oxygen atoms in total. The van der Waals surface area contributed by atoms with Crippen LogP contribution in [-0.4, -0.2) is 22.2 Å². The molecule has 5 aromatic carbocycles. The van der Waals surface area contributed by atoms with Crippen LogP contribution in [0.2, 0.25) is 16.6 Å². The number of rotatable bonds is 9. The topological polar surface area (TPSA) is 35.9 Å². The molecular formula is C58H62N4OPtSi-2. The van der Waals surface area contributed by atoms with Gasteiger partial charge in [0.15, 0.2) is 0 Å². The van der Waals surface area contributed by atoms with Crippen LogP contribution in [0.15, 0.2) is 121 Å². The Morgan fingerprint density at radius 1 is 0.615 bits per heavy atom. The van der Waals surface area contributed by atoms with E-state index in [0.29, 0.717) is 11.5 Å². The van der Waals surface area contributed by atoms with Gasteiger partial charge in [-0.3, -0.25) is 4.57 Å². The summed E-state index contributed by atoms with van der Waals surface area (Å²) in [5.41, 5.74) is 10.4. The first kappa shape index (κ1) is 44.1. The van der Waals surface area contributed by atoms with Crippen LogP contribution in [0.25, 0.3) is 50.0 Å². The number of ether oxygens (including phenoxy) is 1. The quantitative estimate of drug-likeness (QED) is 0.0820. The second kappa shape index (κ2) is 18.5. The fraction of sp³-hybridized carbons (Fsp3) is 0.379. The van der Waals surface area contributed by atoms with Gasteiger partial charge in [-0.25, -0.2) is 4.98 Å². The van der Waals surface area contributed by atoms with Crippen molar-refractivity contribution >= 4 is 46.1 Å². The standard InChI is InChI=1S/C58H62N4OSi.Pt/c1-58(2,3)42-36-37-59-57(38-42)62-51-29-14-13-28-49(51)50-35-34-45(40-55(50)62)63-44-21-19-20-43(39-44)60-41-61(53-31-16-15-30-52(53)60)54-32-17-18-33-56(54)64(46-22-7-4-8-23-46,47-24-9-5-10-25-47)48-26-11-6-12-27-48;/h13-21,28-38,46-48H,4-12,22-27H2,1-3H3;/q-2;. The smallest absolute Gasteiger partial charge is 0.268 e. The molecule has 7 heteroatoms. The van der Waals surface area contributed by atoms with E-state index in [0.717, 1.165) is 55.5 Å². The van der Waals surface area contributed by atoms with E-state index in [1.54, 1.807) is 5.19 Å². The third-order valence-electron chi connectivity index (χ3n) is 15.6. The van der Waals surface area contributed by atoms with Crippen LogP contribution in [0.4, 0.5) is 0 Å². The summed E-state index contributed by atoms with van der Waals surface area (Å²) in [6.07, 6.45) is 27.1. The molecule has 3 fully saturated rings. The summed E-state index contributed by atoms with van der Waals surface area (Å²) in [7, 11) is -2.06. The number of imidazole rings is 1. The Kier molecular flexibility index (Phi) is 12.5. The Labute approximate surface area is 401 Å². The number of fused-ring (bicyclic) bond motifs is 4. The summed E-state index contributed by atoms with van der Waals surface area (Å²) in [6.45, 7) is 6.73. The van der Waals surface area contributed by atoms with Gasteiger partial charge in [-0.1, -0.05) is 183 Å². The van der Waals surface area contributed by atoms with E-state index in [-0.39, 0.29) is 26.5 Å². The van der Waals surface area contributed by atoms with Crippen molar-refractivity contribution in [1.29, 1.82) is 0 Å². The van der Waals surface area contributed by atoms with Crippen molar-refractivity contribution in [3.8, 4) is 28.7 Å². The van der Waals surface area contributed by atoms with E-state index in [9.17, 15) is 0 Å². The maximum atomic E-state index is 6.71. The average molecular weight is 1050 g/mol. The minimum Gasteiger partial charge on any atom is -0.510 e. The van der Waals surface area contributed by atoms with Crippen molar-refractivity contribution < 1.29 is 30.4 Å². The summed E-state index contributed by atoms with van der Waals surface area (Å²) in [5, 5.41) is 4.01. The zero-order valence-corrected chi connectivity index (χ0v) is 41.7. The fourth-order valence-electron chi connectivity index (χ4n) is 12.8. The molecule has 0 amide bonds. The monoisotopic (exact) mass is 1050 g/mol. The summed E-state index contributed by atoms with van der Waals surface area (Å²) in [6, 6.07) is 49.2. The third kappa shape index (κ3) is 8.05. The minimum absolute atomic E-state index is 0. The van der Waals surface area contributed by atoms with Crippen LogP contribution >= 0.6 is 0 Å². The summed E-state index contributed by atoms with van der Waals surface area (Å²) < 4.78 is 13.6. The van der Waals surface area contributed by atoms with Gasteiger partial charge in [0.05, 0.1) is 24.8 Å². The predicted molar refractivity (Wildman–Crippen MR) is 265 cm³/mol. The van der Waals surface area contributed by atoms with Gasteiger partial charge in [0.1, 0.15) is 5.82 Å². The molecule has 0 N–H and O–H groups in total. The van der Waals surface area contributed by atoms with Gasteiger partial charge in [-0.15, -0.1) is 29.7 Å². The second-order valence-corrected chi connectivity index (χ2v) is 25.2. The first-order chi connectivity index (χ1) is 31.4. The molecule has 0 unspecified atom stereocenters. The number of nitrogens with zero attached hydrogens (tertiary/aromatic N) is 4. The number of benzene rings is 5. The van der Waals surface area contributed by atoms with Gasteiger partial charge < -0.3 is 13.9 Å². The SMILES string of the molecule is CC(C)(C)c1ccnc(-n2c3[c-]c(Oc4[c-]c(-n5[c-][n+](-c6ccccc6[Si](C6CCCCC6)(C6CCCCC6)C6CCCCC6)c6ccccc65)ccc4)ccc3c3ccccc32)c1.[Pt]. The van der Waals surface area contributed by atoms with E-state index in [1.807, 2.05) is 18.3 Å². The first-order valence-electron chi connectivity index (χ1n) is 24.6. The minimum atomic E-state index is -2.06. The van der Waals surface area contributed by atoms with Crippen molar-refractivity contribution in [1.82, 2.24) is 14.1 Å². The van der Waals surface area contributed by atoms with Crippen LogP contribution in [-0.2, 0) is 26.5 Å².